The molecule has 2 amide bonds. The quantitative estimate of drug-likeness (QED) is 0.468. The van der Waals surface area contributed by atoms with Gasteiger partial charge in [0.15, 0.2) is 0 Å². The summed E-state index contributed by atoms with van der Waals surface area (Å²) in [4.78, 5) is 35.9. The zero-order valence-electron chi connectivity index (χ0n) is 18.2. The number of rotatable bonds is 13. The van der Waals surface area contributed by atoms with Gasteiger partial charge in [0.1, 0.15) is 5.78 Å². The van der Waals surface area contributed by atoms with Crippen LogP contribution < -0.4 is 10.6 Å². The number of amides is 2. The lowest BCUT2D eigenvalue weighted by molar-refractivity contribution is -0.127. The highest BCUT2D eigenvalue weighted by Gasteiger charge is 2.28. The van der Waals surface area contributed by atoms with Crippen LogP contribution in [0.3, 0.4) is 0 Å². The van der Waals surface area contributed by atoms with E-state index in [0.717, 1.165) is 38.7 Å². The molecule has 6 nitrogen and oxygen atoms in total. The fourth-order valence-electron chi connectivity index (χ4n) is 3.51. The summed E-state index contributed by atoms with van der Waals surface area (Å²) in [5.41, 5.74) is 0. The predicted molar refractivity (Wildman–Crippen MR) is 111 cm³/mol. The Hall–Kier alpha value is -1.43. The number of hydrogen-bond donors (Lipinski definition) is 2. The summed E-state index contributed by atoms with van der Waals surface area (Å²) in [5, 5.41) is 5.93. The van der Waals surface area contributed by atoms with Gasteiger partial charge in [-0.05, 0) is 44.4 Å². The minimum absolute atomic E-state index is 0.00789. The number of ether oxygens (including phenoxy) is 1. The van der Waals surface area contributed by atoms with Crippen molar-refractivity contribution in [2.75, 3.05) is 19.8 Å². The molecule has 0 bridgehead atoms. The van der Waals surface area contributed by atoms with Crippen molar-refractivity contribution in [3.63, 3.8) is 0 Å². The number of nitrogens with one attached hydrogen (secondary N) is 2. The first kappa shape index (κ1) is 24.6. The summed E-state index contributed by atoms with van der Waals surface area (Å²) < 4.78 is 5.47. The first-order chi connectivity index (χ1) is 13.3. The third-order valence-electron chi connectivity index (χ3n) is 5.11. The molecule has 1 rings (SSSR count). The van der Waals surface area contributed by atoms with Gasteiger partial charge in [-0.25, -0.2) is 0 Å². The van der Waals surface area contributed by atoms with Gasteiger partial charge in [0, 0.05) is 50.5 Å². The monoisotopic (exact) mass is 396 g/mol. The lowest BCUT2D eigenvalue weighted by atomic mass is 9.80. The third-order valence-corrected chi connectivity index (χ3v) is 5.11. The molecule has 0 aromatic heterocycles. The highest BCUT2D eigenvalue weighted by Crippen LogP contribution is 2.27. The summed E-state index contributed by atoms with van der Waals surface area (Å²) in [6.07, 6.45) is 5.58. The van der Waals surface area contributed by atoms with Gasteiger partial charge in [-0.3, -0.25) is 14.4 Å². The third kappa shape index (κ3) is 10.8. The molecule has 1 aliphatic carbocycles. The van der Waals surface area contributed by atoms with Crippen molar-refractivity contribution in [2.45, 2.75) is 85.1 Å². The molecule has 0 aromatic carbocycles. The van der Waals surface area contributed by atoms with Crippen molar-refractivity contribution in [1.29, 1.82) is 0 Å². The van der Waals surface area contributed by atoms with E-state index < -0.39 is 0 Å². The molecule has 0 radical (unpaired) electrons. The molecule has 0 heterocycles. The van der Waals surface area contributed by atoms with E-state index in [1.165, 1.54) is 0 Å². The second-order valence-corrected chi connectivity index (χ2v) is 8.70. The molecular formula is C22H40N2O4. The second-order valence-electron chi connectivity index (χ2n) is 8.70. The van der Waals surface area contributed by atoms with Crippen molar-refractivity contribution >= 4 is 17.6 Å². The summed E-state index contributed by atoms with van der Waals surface area (Å²) >= 11 is 0. The number of Topliss-reactive ketones (excluding diaryl/α,β-unsaturated/α-hetero) is 1. The molecule has 0 saturated heterocycles. The van der Waals surface area contributed by atoms with Crippen molar-refractivity contribution in [2.24, 2.45) is 17.8 Å². The van der Waals surface area contributed by atoms with Crippen LogP contribution in [0.4, 0.5) is 0 Å². The van der Waals surface area contributed by atoms with Crippen LogP contribution in [0.5, 0.6) is 0 Å². The Morgan fingerprint density at radius 3 is 2.18 bits per heavy atom. The number of carbonyl (C=O) groups is 3. The van der Waals surface area contributed by atoms with Crippen LogP contribution in [0.1, 0.15) is 79.1 Å². The highest BCUT2D eigenvalue weighted by molar-refractivity contribution is 5.83. The highest BCUT2D eigenvalue weighted by atomic mass is 16.5. The van der Waals surface area contributed by atoms with Crippen LogP contribution in [0.25, 0.3) is 0 Å². The maximum atomic E-state index is 12.1. The standard InChI is InChI=1S/C22H40N2O4/c1-16(2)15-28-14-6-13-23-20(25)7-5-8-21(26)24-19-11-9-18(10-12-19)22(27)17(3)4/h16-19H,5-15H2,1-4H3,(H,23,25)(H,24,26). The largest absolute Gasteiger partial charge is 0.381 e. The molecule has 2 N–H and O–H groups in total. The fraction of sp³-hybridized carbons (Fsp3) is 0.864. The maximum absolute atomic E-state index is 12.1. The van der Waals surface area contributed by atoms with Crippen LogP contribution in [-0.4, -0.2) is 43.4 Å². The molecular weight excluding hydrogens is 356 g/mol. The fourth-order valence-corrected chi connectivity index (χ4v) is 3.51. The Bertz CT molecular complexity index is 483. The Labute approximate surface area is 170 Å². The lowest BCUT2D eigenvalue weighted by Crippen LogP contribution is -2.39. The minimum Gasteiger partial charge on any atom is -0.381 e. The van der Waals surface area contributed by atoms with Gasteiger partial charge in [0.2, 0.25) is 11.8 Å². The Morgan fingerprint density at radius 1 is 0.929 bits per heavy atom. The summed E-state index contributed by atoms with van der Waals surface area (Å²) in [6, 6.07) is 0.170. The number of ketones is 1. The van der Waals surface area contributed by atoms with Crippen LogP contribution in [0.15, 0.2) is 0 Å². The summed E-state index contributed by atoms with van der Waals surface area (Å²) in [6.45, 7) is 10.1. The van der Waals surface area contributed by atoms with E-state index in [4.69, 9.17) is 4.74 Å². The Kier molecular flexibility index (Phi) is 12.0. The molecule has 6 heteroatoms. The summed E-state index contributed by atoms with van der Waals surface area (Å²) in [7, 11) is 0. The zero-order chi connectivity index (χ0) is 20.9. The van der Waals surface area contributed by atoms with E-state index >= 15 is 0 Å². The first-order valence-corrected chi connectivity index (χ1v) is 11.0. The lowest BCUT2D eigenvalue weighted by Gasteiger charge is -2.29. The molecule has 162 valence electrons. The molecule has 28 heavy (non-hydrogen) atoms. The SMILES string of the molecule is CC(C)COCCCNC(=O)CCCC(=O)NC1CCC(C(=O)C(C)C)CC1. The van der Waals surface area contributed by atoms with E-state index in [9.17, 15) is 14.4 Å². The predicted octanol–water partition coefficient (Wildman–Crippen LogP) is 3.24. The van der Waals surface area contributed by atoms with Crippen LogP contribution in [-0.2, 0) is 19.1 Å². The molecule has 1 saturated carbocycles. The molecule has 0 aromatic rings. The average molecular weight is 397 g/mol. The first-order valence-electron chi connectivity index (χ1n) is 11.0. The normalized spacial score (nSPS) is 19.6. The van der Waals surface area contributed by atoms with Crippen LogP contribution in [0, 0.1) is 17.8 Å². The van der Waals surface area contributed by atoms with Crippen molar-refractivity contribution in [3.05, 3.63) is 0 Å². The van der Waals surface area contributed by atoms with Crippen molar-refractivity contribution in [1.82, 2.24) is 10.6 Å². The number of carbonyl (C=O) groups excluding carboxylic acids is 3. The maximum Gasteiger partial charge on any atom is 0.220 e. The van der Waals surface area contributed by atoms with E-state index in [0.29, 0.717) is 44.1 Å². The van der Waals surface area contributed by atoms with Gasteiger partial charge in [0.25, 0.3) is 0 Å². The average Bonchev–Trinajstić information content (AvgIpc) is 2.64. The molecule has 0 spiro atoms. The van der Waals surface area contributed by atoms with E-state index in [1.54, 1.807) is 0 Å². The van der Waals surface area contributed by atoms with Gasteiger partial charge in [-0.15, -0.1) is 0 Å². The van der Waals surface area contributed by atoms with Gasteiger partial charge in [0.05, 0.1) is 0 Å². The smallest absolute Gasteiger partial charge is 0.220 e. The topological polar surface area (TPSA) is 84.5 Å². The summed E-state index contributed by atoms with van der Waals surface area (Å²) in [5.74, 6) is 1.13. The Balaban J connectivity index is 2.05. The van der Waals surface area contributed by atoms with Crippen molar-refractivity contribution in [3.8, 4) is 0 Å². The minimum atomic E-state index is -0.00985. The van der Waals surface area contributed by atoms with E-state index in [2.05, 4.69) is 24.5 Å². The van der Waals surface area contributed by atoms with Gasteiger partial charge >= 0.3 is 0 Å². The van der Waals surface area contributed by atoms with Gasteiger partial charge < -0.3 is 15.4 Å². The number of hydrogen-bond acceptors (Lipinski definition) is 4. The van der Waals surface area contributed by atoms with Gasteiger partial charge in [-0.1, -0.05) is 27.7 Å². The molecule has 0 atom stereocenters. The van der Waals surface area contributed by atoms with Crippen LogP contribution in [0.2, 0.25) is 0 Å². The van der Waals surface area contributed by atoms with Crippen molar-refractivity contribution < 1.29 is 19.1 Å². The molecule has 1 fully saturated rings. The Morgan fingerprint density at radius 2 is 1.57 bits per heavy atom. The van der Waals surface area contributed by atoms with E-state index in [1.807, 2.05) is 13.8 Å². The second kappa shape index (κ2) is 13.7. The van der Waals surface area contributed by atoms with Gasteiger partial charge in [-0.2, -0.15) is 0 Å². The van der Waals surface area contributed by atoms with Crippen LogP contribution >= 0.6 is 0 Å². The molecule has 0 aliphatic heterocycles. The zero-order valence-corrected chi connectivity index (χ0v) is 18.2. The molecule has 0 unspecified atom stereocenters. The van der Waals surface area contributed by atoms with E-state index in [-0.39, 0.29) is 29.7 Å². The molecule has 1 aliphatic rings.